The summed E-state index contributed by atoms with van der Waals surface area (Å²) in [6.45, 7) is 1.97. The van der Waals surface area contributed by atoms with Crippen molar-refractivity contribution in [2.45, 2.75) is 18.6 Å². The van der Waals surface area contributed by atoms with Crippen LogP contribution in [0.2, 0.25) is 0 Å². The predicted octanol–water partition coefficient (Wildman–Crippen LogP) is 1.20. The van der Waals surface area contributed by atoms with E-state index in [0.29, 0.717) is 22.4 Å². The Morgan fingerprint density at radius 2 is 2.22 bits per heavy atom. The summed E-state index contributed by atoms with van der Waals surface area (Å²) in [5.41, 5.74) is 1.45. The van der Waals surface area contributed by atoms with Gasteiger partial charge in [-0.2, -0.15) is 5.10 Å². The molecule has 0 aliphatic carbocycles. The van der Waals surface area contributed by atoms with Gasteiger partial charge in [0.1, 0.15) is 5.25 Å². The van der Waals surface area contributed by atoms with Crippen molar-refractivity contribution < 1.29 is 24.2 Å². The molecule has 9 heteroatoms. The van der Waals surface area contributed by atoms with Gasteiger partial charge in [0, 0.05) is 5.56 Å². The van der Waals surface area contributed by atoms with Gasteiger partial charge in [-0.25, -0.2) is 0 Å². The number of nitrogens with zero attached hydrogens (tertiary/aromatic N) is 2. The smallest absolute Gasteiger partial charge is 0.305 e. The van der Waals surface area contributed by atoms with Crippen LogP contribution < -0.4 is 14.8 Å². The number of carbonyl (C=O) groups excluding carboxylic acids is 1. The second-order valence-electron chi connectivity index (χ2n) is 4.85. The Morgan fingerprint density at radius 3 is 3.00 bits per heavy atom. The number of amides is 1. The predicted molar refractivity (Wildman–Crippen MR) is 84.0 cm³/mol. The molecule has 0 aromatic heterocycles. The number of carboxylic acids is 1. The van der Waals surface area contributed by atoms with Crippen LogP contribution in [0.25, 0.3) is 0 Å². The largest absolute Gasteiger partial charge is 0.481 e. The summed E-state index contributed by atoms with van der Waals surface area (Å²) in [6, 6.07) is 5.42. The van der Waals surface area contributed by atoms with Crippen molar-refractivity contribution in [3.05, 3.63) is 23.8 Å². The Hall–Kier alpha value is -2.55. The molecule has 1 amide bonds. The minimum atomic E-state index is -1.03. The number of aliphatic carboxylic acids is 1. The lowest BCUT2D eigenvalue weighted by molar-refractivity contribution is -0.138. The summed E-state index contributed by atoms with van der Waals surface area (Å²) < 4.78 is 10.5. The molecule has 1 aromatic rings. The Balaban J connectivity index is 1.72. The number of nitrogens with one attached hydrogen (secondary N) is 1. The maximum Gasteiger partial charge on any atom is 0.305 e. The number of fused-ring (bicyclic) bond motifs is 1. The zero-order valence-electron chi connectivity index (χ0n) is 12.1. The number of thioether (sulfide) groups is 1. The summed E-state index contributed by atoms with van der Waals surface area (Å²) in [4.78, 5) is 22.3. The Kier molecular flexibility index (Phi) is 4.20. The molecule has 2 aliphatic rings. The fraction of sp³-hybridized carbons (Fsp3) is 0.286. The SMILES string of the molecule is C/C(=N/N=C1\NC(=O)[C@@H](CC(=O)O)S1)c1ccc2c(c1)OCO2. The van der Waals surface area contributed by atoms with Crippen LogP contribution in [0.1, 0.15) is 18.9 Å². The normalized spacial score (nSPS) is 21.6. The number of hydrogen-bond acceptors (Lipinski definition) is 7. The Morgan fingerprint density at radius 1 is 1.43 bits per heavy atom. The first-order chi connectivity index (χ1) is 11.0. The number of benzene rings is 1. The highest BCUT2D eigenvalue weighted by atomic mass is 32.2. The van der Waals surface area contributed by atoms with Crippen molar-refractivity contribution in [2.75, 3.05) is 6.79 Å². The van der Waals surface area contributed by atoms with Gasteiger partial charge >= 0.3 is 5.97 Å². The van der Waals surface area contributed by atoms with E-state index in [0.717, 1.165) is 17.3 Å². The molecule has 2 heterocycles. The minimum Gasteiger partial charge on any atom is -0.481 e. The molecule has 0 radical (unpaired) electrons. The summed E-state index contributed by atoms with van der Waals surface area (Å²) in [5, 5.41) is 18.9. The van der Waals surface area contributed by atoms with Gasteiger partial charge in [-0.3, -0.25) is 9.59 Å². The van der Waals surface area contributed by atoms with E-state index in [2.05, 4.69) is 15.5 Å². The topological polar surface area (TPSA) is 110 Å². The monoisotopic (exact) mass is 335 g/mol. The molecule has 120 valence electrons. The van der Waals surface area contributed by atoms with Gasteiger partial charge in [-0.1, -0.05) is 11.8 Å². The molecule has 0 bridgehead atoms. The van der Waals surface area contributed by atoms with E-state index in [4.69, 9.17) is 14.6 Å². The maximum atomic E-state index is 11.6. The molecule has 8 nitrogen and oxygen atoms in total. The number of hydrogen-bond donors (Lipinski definition) is 2. The zero-order valence-corrected chi connectivity index (χ0v) is 12.9. The molecule has 1 aromatic carbocycles. The van der Waals surface area contributed by atoms with Crippen LogP contribution in [-0.4, -0.2) is 39.9 Å². The van der Waals surface area contributed by atoms with E-state index in [9.17, 15) is 9.59 Å². The zero-order chi connectivity index (χ0) is 16.4. The molecule has 1 atom stereocenters. The molecular weight excluding hydrogens is 322 g/mol. The van der Waals surface area contributed by atoms with Gasteiger partial charge < -0.3 is 19.9 Å². The van der Waals surface area contributed by atoms with E-state index in [1.807, 2.05) is 6.07 Å². The Labute approximate surface area is 135 Å². The van der Waals surface area contributed by atoms with E-state index >= 15 is 0 Å². The first-order valence-electron chi connectivity index (χ1n) is 6.74. The summed E-state index contributed by atoms with van der Waals surface area (Å²) in [6.07, 6.45) is -0.250. The number of amidine groups is 1. The summed E-state index contributed by atoms with van der Waals surface area (Å²) in [5.74, 6) is -0.0659. The summed E-state index contributed by atoms with van der Waals surface area (Å²) in [7, 11) is 0. The van der Waals surface area contributed by atoms with Gasteiger partial charge in [0.2, 0.25) is 12.7 Å². The van der Waals surface area contributed by atoms with Crippen molar-refractivity contribution in [1.29, 1.82) is 0 Å². The number of ether oxygens (including phenoxy) is 2. The molecule has 23 heavy (non-hydrogen) atoms. The van der Waals surface area contributed by atoms with Crippen LogP contribution >= 0.6 is 11.8 Å². The van der Waals surface area contributed by atoms with Crippen LogP contribution in [-0.2, 0) is 9.59 Å². The lowest BCUT2D eigenvalue weighted by Gasteiger charge is -2.01. The van der Waals surface area contributed by atoms with Gasteiger partial charge in [0.05, 0.1) is 12.1 Å². The van der Waals surface area contributed by atoms with Crippen molar-refractivity contribution in [1.82, 2.24) is 5.32 Å². The minimum absolute atomic E-state index is 0.199. The van der Waals surface area contributed by atoms with Crippen LogP contribution in [0.15, 0.2) is 28.4 Å². The molecule has 1 fully saturated rings. The fourth-order valence-corrected chi connectivity index (χ4v) is 2.95. The van der Waals surface area contributed by atoms with Crippen LogP contribution in [0.3, 0.4) is 0 Å². The first-order valence-corrected chi connectivity index (χ1v) is 7.62. The average molecular weight is 335 g/mol. The van der Waals surface area contributed by atoms with Crippen LogP contribution in [0, 0.1) is 0 Å². The van der Waals surface area contributed by atoms with Crippen molar-refractivity contribution in [3.63, 3.8) is 0 Å². The van der Waals surface area contributed by atoms with Crippen molar-refractivity contribution >= 4 is 34.5 Å². The molecule has 2 aliphatic heterocycles. The quantitative estimate of drug-likeness (QED) is 0.632. The molecule has 0 saturated carbocycles. The second-order valence-corrected chi connectivity index (χ2v) is 6.04. The standard InChI is InChI=1S/C14H13N3O5S/c1-7(8-2-3-9-10(4-8)22-6-21-9)16-17-14-15-13(20)11(23-14)5-12(18)19/h2-4,11H,5-6H2,1H3,(H,18,19)(H,15,17,20)/b16-7-/t11-/m1/s1. The highest BCUT2D eigenvalue weighted by Gasteiger charge is 2.32. The molecule has 0 unspecified atom stereocenters. The van der Waals surface area contributed by atoms with Gasteiger partial charge in [-0.15, -0.1) is 5.10 Å². The van der Waals surface area contributed by atoms with Crippen molar-refractivity contribution in [3.8, 4) is 11.5 Å². The summed E-state index contributed by atoms with van der Waals surface area (Å²) >= 11 is 1.06. The van der Waals surface area contributed by atoms with Gasteiger partial charge in [0.15, 0.2) is 16.7 Å². The lowest BCUT2D eigenvalue weighted by atomic mass is 10.1. The first kappa shape index (κ1) is 15.3. The Bertz CT molecular complexity index is 731. The second kappa shape index (κ2) is 6.29. The molecule has 1 saturated heterocycles. The molecule has 0 spiro atoms. The van der Waals surface area contributed by atoms with Gasteiger partial charge in [0.25, 0.3) is 0 Å². The van der Waals surface area contributed by atoms with Gasteiger partial charge in [-0.05, 0) is 25.1 Å². The molecular formula is C14H13N3O5S. The molecule has 2 N–H and O–H groups in total. The van der Waals surface area contributed by atoms with E-state index in [-0.39, 0.29) is 19.1 Å². The third kappa shape index (κ3) is 3.45. The fourth-order valence-electron chi connectivity index (χ4n) is 2.04. The molecule has 3 rings (SSSR count). The highest BCUT2D eigenvalue weighted by molar-refractivity contribution is 8.15. The number of carboxylic acid groups (broad SMARTS) is 1. The van der Waals surface area contributed by atoms with Crippen LogP contribution in [0.4, 0.5) is 0 Å². The third-order valence-electron chi connectivity index (χ3n) is 3.22. The highest BCUT2D eigenvalue weighted by Crippen LogP contribution is 2.32. The number of carbonyl (C=O) groups is 2. The number of rotatable bonds is 4. The van der Waals surface area contributed by atoms with E-state index in [1.54, 1.807) is 19.1 Å². The van der Waals surface area contributed by atoms with Crippen molar-refractivity contribution in [2.24, 2.45) is 10.2 Å². The third-order valence-corrected chi connectivity index (χ3v) is 4.29. The lowest BCUT2D eigenvalue weighted by Crippen LogP contribution is -2.26. The average Bonchev–Trinajstić information content (AvgIpc) is 3.10. The maximum absolute atomic E-state index is 11.6. The van der Waals surface area contributed by atoms with Crippen LogP contribution in [0.5, 0.6) is 11.5 Å². The van der Waals surface area contributed by atoms with E-state index in [1.165, 1.54) is 0 Å². The van der Waals surface area contributed by atoms with E-state index < -0.39 is 11.2 Å².